The topological polar surface area (TPSA) is 60.3 Å². The maximum atomic E-state index is 13.1. The number of methoxy groups -OCH3 is 1. The van der Waals surface area contributed by atoms with Crippen molar-refractivity contribution in [3.8, 4) is 17.6 Å². The fourth-order valence-corrected chi connectivity index (χ4v) is 3.84. The lowest BCUT2D eigenvalue weighted by atomic mass is 10.1. The number of aromatic nitrogens is 1. The zero-order chi connectivity index (χ0) is 22.8. The standard InChI is InChI=1S/C22H21F3N2O3S/c1-15-6-4-8-20-18(15)12-16(27(20)14-22(23,24)25)7-5-11-26-19-10-9-17(31(3,28)29)13-21(19)30-2/h4,6,8-10,12-13,26H,11,14H2,1-3H3. The summed E-state index contributed by atoms with van der Waals surface area (Å²) in [6.07, 6.45) is -3.28. The van der Waals surface area contributed by atoms with Gasteiger partial charge in [-0.2, -0.15) is 13.2 Å². The van der Waals surface area contributed by atoms with E-state index in [0.29, 0.717) is 17.0 Å². The van der Waals surface area contributed by atoms with E-state index in [1.54, 1.807) is 24.3 Å². The molecule has 0 amide bonds. The van der Waals surface area contributed by atoms with Crippen LogP contribution in [0, 0.1) is 18.8 Å². The fraction of sp³-hybridized carbons (Fsp3) is 0.273. The number of hydrogen-bond acceptors (Lipinski definition) is 4. The van der Waals surface area contributed by atoms with Crippen LogP contribution < -0.4 is 10.1 Å². The van der Waals surface area contributed by atoms with Gasteiger partial charge in [-0.3, -0.25) is 0 Å². The lowest BCUT2D eigenvalue weighted by Gasteiger charge is -2.11. The molecule has 0 bridgehead atoms. The van der Waals surface area contributed by atoms with Gasteiger partial charge in [0.1, 0.15) is 12.3 Å². The summed E-state index contributed by atoms with van der Waals surface area (Å²) in [4.78, 5) is 0.119. The van der Waals surface area contributed by atoms with Gasteiger partial charge >= 0.3 is 6.18 Å². The molecule has 0 radical (unpaired) electrons. The van der Waals surface area contributed by atoms with Crippen LogP contribution in [-0.4, -0.2) is 39.1 Å². The Labute approximate surface area is 178 Å². The highest BCUT2D eigenvalue weighted by Gasteiger charge is 2.29. The third-order valence-electron chi connectivity index (χ3n) is 4.69. The summed E-state index contributed by atoms with van der Waals surface area (Å²) in [5, 5.41) is 3.73. The molecule has 0 aliphatic rings. The maximum Gasteiger partial charge on any atom is 0.406 e. The molecule has 0 spiro atoms. The van der Waals surface area contributed by atoms with Gasteiger partial charge in [-0.1, -0.05) is 18.1 Å². The molecule has 9 heteroatoms. The molecule has 164 valence electrons. The van der Waals surface area contributed by atoms with Crippen LogP contribution in [0.25, 0.3) is 10.9 Å². The number of alkyl halides is 3. The number of anilines is 1. The minimum Gasteiger partial charge on any atom is -0.495 e. The molecule has 1 heterocycles. The Morgan fingerprint density at radius 1 is 1.16 bits per heavy atom. The lowest BCUT2D eigenvalue weighted by molar-refractivity contribution is -0.140. The van der Waals surface area contributed by atoms with Gasteiger partial charge in [0.15, 0.2) is 9.84 Å². The van der Waals surface area contributed by atoms with Crippen LogP contribution in [0.1, 0.15) is 11.3 Å². The van der Waals surface area contributed by atoms with Crippen molar-refractivity contribution in [2.75, 3.05) is 25.2 Å². The molecular formula is C22H21F3N2O3S. The molecule has 0 saturated heterocycles. The molecule has 1 N–H and O–H groups in total. The number of halogens is 3. The Balaban J connectivity index is 1.86. The second kappa shape index (κ2) is 8.55. The summed E-state index contributed by atoms with van der Waals surface area (Å²) in [5.41, 5.74) is 2.14. The van der Waals surface area contributed by atoms with Crippen molar-refractivity contribution in [3.05, 3.63) is 53.7 Å². The Hall–Kier alpha value is -3.12. The van der Waals surface area contributed by atoms with Gasteiger partial charge in [0.05, 0.1) is 29.9 Å². The number of rotatable bonds is 5. The molecule has 31 heavy (non-hydrogen) atoms. The predicted molar refractivity (Wildman–Crippen MR) is 114 cm³/mol. The van der Waals surface area contributed by atoms with Crippen LogP contribution in [0.3, 0.4) is 0 Å². The minimum atomic E-state index is -4.38. The van der Waals surface area contributed by atoms with Crippen molar-refractivity contribution in [1.82, 2.24) is 4.57 Å². The molecule has 3 rings (SSSR count). The van der Waals surface area contributed by atoms with E-state index in [2.05, 4.69) is 17.2 Å². The summed E-state index contributed by atoms with van der Waals surface area (Å²) in [6, 6.07) is 11.3. The number of ether oxygens (including phenoxy) is 1. The molecule has 0 fully saturated rings. The van der Waals surface area contributed by atoms with Crippen molar-refractivity contribution < 1.29 is 26.3 Å². The van der Waals surface area contributed by atoms with E-state index in [1.807, 2.05) is 13.0 Å². The summed E-state index contributed by atoms with van der Waals surface area (Å²) in [7, 11) is -1.97. The highest BCUT2D eigenvalue weighted by Crippen LogP contribution is 2.28. The van der Waals surface area contributed by atoms with Gasteiger partial charge in [0.25, 0.3) is 0 Å². The van der Waals surface area contributed by atoms with E-state index in [9.17, 15) is 21.6 Å². The molecule has 0 unspecified atom stereocenters. The molecule has 0 atom stereocenters. The van der Waals surface area contributed by atoms with E-state index in [4.69, 9.17) is 4.74 Å². The highest BCUT2D eigenvalue weighted by molar-refractivity contribution is 7.90. The number of nitrogens with one attached hydrogen (secondary N) is 1. The first-order valence-corrected chi connectivity index (χ1v) is 11.1. The molecule has 3 aromatic rings. The average Bonchev–Trinajstić information content (AvgIpc) is 3.02. The van der Waals surface area contributed by atoms with Crippen LogP contribution in [-0.2, 0) is 16.4 Å². The molecule has 1 aromatic heterocycles. The number of benzene rings is 2. The van der Waals surface area contributed by atoms with Crippen molar-refractivity contribution in [2.24, 2.45) is 0 Å². The fourth-order valence-electron chi connectivity index (χ4n) is 3.21. The van der Waals surface area contributed by atoms with Gasteiger partial charge in [-0.25, -0.2) is 8.42 Å². The maximum absolute atomic E-state index is 13.1. The largest absolute Gasteiger partial charge is 0.495 e. The quantitative estimate of drug-likeness (QED) is 0.586. The Morgan fingerprint density at radius 3 is 2.55 bits per heavy atom. The van der Waals surface area contributed by atoms with E-state index in [-0.39, 0.29) is 17.1 Å². The first-order valence-electron chi connectivity index (χ1n) is 9.26. The van der Waals surface area contributed by atoms with E-state index in [1.165, 1.54) is 19.2 Å². The first-order chi connectivity index (χ1) is 14.5. The Bertz CT molecular complexity index is 1280. The van der Waals surface area contributed by atoms with Crippen molar-refractivity contribution in [2.45, 2.75) is 24.5 Å². The third kappa shape index (κ3) is 5.33. The molecule has 0 aliphatic heterocycles. The predicted octanol–water partition coefficient (Wildman–Crippen LogP) is 4.39. The number of sulfone groups is 1. The molecule has 0 saturated carbocycles. The van der Waals surface area contributed by atoms with Crippen molar-refractivity contribution in [3.63, 3.8) is 0 Å². The van der Waals surface area contributed by atoms with E-state index < -0.39 is 22.6 Å². The monoisotopic (exact) mass is 450 g/mol. The van der Waals surface area contributed by atoms with E-state index >= 15 is 0 Å². The second-order valence-electron chi connectivity index (χ2n) is 7.03. The van der Waals surface area contributed by atoms with Gasteiger partial charge in [-0.05, 0) is 42.7 Å². The molecule has 5 nitrogen and oxygen atoms in total. The highest BCUT2D eigenvalue weighted by atomic mass is 32.2. The van der Waals surface area contributed by atoms with Gasteiger partial charge < -0.3 is 14.6 Å². The summed E-state index contributed by atoms with van der Waals surface area (Å²) < 4.78 is 69.0. The minimum absolute atomic E-state index is 0.119. The van der Waals surface area contributed by atoms with Crippen molar-refractivity contribution in [1.29, 1.82) is 0 Å². The summed E-state index contributed by atoms with van der Waals surface area (Å²) in [6.45, 7) is 0.838. The second-order valence-corrected chi connectivity index (χ2v) is 9.04. The normalized spacial score (nSPS) is 11.8. The zero-order valence-electron chi connectivity index (χ0n) is 17.2. The molecular weight excluding hydrogens is 429 g/mol. The van der Waals surface area contributed by atoms with Crippen LogP contribution in [0.5, 0.6) is 5.75 Å². The molecule has 0 aliphatic carbocycles. The van der Waals surface area contributed by atoms with Gasteiger partial charge in [-0.15, -0.1) is 0 Å². The Kier molecular flexibility index (Phi) is 6.23. The smallest absolute Gasteiger partial charge is 0.406 e. The van der Waals surface area contributed by atoms with Gasteiger partial charge in [0, 0.05) is 23.2 Å². The number of fused-ring (bicyclic) bond motifs is 1. The summed E-state index contributed by atoms with van der Waals surface area (Å²) in [5.74, 6) is 5.96. The lowest BCUT2D eigenvalue weighted by Crippen LogP contribution is -2.18. The Morgan fingerprint density at radius 2 is 1.90 bits per heavy atom. The number of aryl methyl sites for hydroxylation is 1. The third-order valence-corrected chi connectivity index (χ3v) is 5.80. The van der Waals surface area contributed by atoms with Crippen LogP contribution >= 0.6 is 0 Å². The summed E-state index contributed by atoms with van der Waals surface area (Å²) >= 11 is 0. The average molecular weight is 450 g/mol. The number of hydrogen-bond donors (Lipinski definition) is 1. The van der Waals surface area contributed by atoms with Crippen LogP contribution in [0.2, 0.25) is 0 Å². The van der Waals surface area contributed by atoms with Crippen LogP contribution in [0.4, 0.5) is 18.9 Å². The molecule has 2 aromatic carbocycles. The first kappa shape index (κ1) is 22.6. The zero-order valence-corrected chi connectivity index (χ0v) is 18.0. The van der Waals surface area contributed by atoms with E-state index in [0.717, 1.165) is 21.8 Å². The SMILES string of the molecule is COc1cc(S(C)(=O)=O)ccc1NCC#Cc1cc2c(C)cccc2n1CC(F)(F)F. The number of nitrogens with zero attached hydrogens (tertiary/aromatic N) is 1. The van der Waals surface area contributed by atoms with Gasteiger partial charge in [0.2, 0.25) is 0 Å². The van der Waals surface area contributed by atoms with Crippen molar-refractivity contribution >= 4 is 26.4 Å². The van der Waals surface area contributed by atoms with Crippen LogP contribution in [0.15, 0.2) is 47.4 Å².